The maximum Gasteiger partial charge on any atom is 0.228 e. The van der Waals surface area contributed by atoms with E-state index in [1.54, 1.807) is 7.11 Å². The Morgan fingerprint density at radius 2 is 1.58 bits per heavy atom. The standard InChI is InChI=1S/C26H29N7O3/c1-34-22-4-2-19(3-5-22)18-33-25-21(17-28-33)14-20(16-27-25)23-15-24(31-6-10-35-11-7-31)30-26(29-23)32-8-12-36-13-9-32/h2-5,14-17H,6-13,18H2,1H3. The van der Waals surface area contributed by atoms with Gasteiger partial charge in [0.25, 0.3) is 0 Å². The maximum atomic E-state index is 5.55. The second-order valence-electron chi connectivity index (χ2n) is 8.90. The first-order valence-corrected chi connectivity index (χ1v) is 12.3. The highest BCUT2D eigenvalue weighted by atomic mass is 16.5. The summed E-state index contributed by atoms with van der Waals surface area (Å²) in [5.74, 6) is 2.48. The summed E-state index contributed by atoms with van der Waals surface area (Å²) in [6, 6.07) is 12.2. The summed E-state index contributed by atoms with van der Waals surface area (Å²) in [5, 5.41) is 5.57. The summed E-state index contributed by atoms with van der Waals surface area (Å²) in [5.41, 5.74) is 3.77. The molecule has 5 heterocycles. The number of pyridine rings is 1. The average Bonchev–Trinajstić information content (AvgIpc) is 3.36. The lowest BCUT2D eigenvalue weighted by Gasteiger charge is -2.31. The summed E-state index contributed by atoms with van der Waals surface area (Å²) < 4.78 is 18.3. The van der Waals surface area contributed by atoms with E-state index in [0.717, 1.165) is 71.5 Å². The van der Waals surface area contributed by atoms with Crippen LogP contribution in [0.25, 0.3) is 22.3 Å². The Labute approximate surface area is 209 Å². The molecule has 2 saturated heterocycles. The number of rotatable bonds is 6. The van der Waals surface area contributed by atoms with Gasteiger partial charge in [0.15, 0.2) is 5.65 Å². The molecule has 0 amide bonds. The van der Waals surface area contributed by atoms with E-state index in [1.807, 2.05) is 41.3 Å². The SMILES string of the molecule is COc1ccc(Cn2ncc3cc(-c4cc(N5CCOCC5)nc(N5CCOCC5)n4)cnc32)cc1. The molecule has 2 aliphatic heterocycles. The first-order valence-electron chi connectivity index (χ1n) is 12.3. The lowest BCUT2D eigenvalue weighted by molar-refractivity contribution is 0.121. The molecule has 2 fully saturated rings. The number of hydrogen-bond acceptors (Lipinski definition) is 9. The number of anilines is 2. The number of hydrogen-bond donors (Lipinski definition) is 0. The fourth-order valence-electron chi connectivity index (χ4n) is 4.56. The van der Waals surface area contributed by atoms with Gasteiger partial charge in [0, 0.05) is 49.4 Å². The van der Waals surface area contributed by atoms with Crippen molar-refractivity contribution in [1.82, 2.24) is 24.7 Å². The lowest BCUT2D eigenvalue weighted by Crippen LogP contribution is -2.39. The molecule has 0 unspecified atom stereocenters. The van der Waals surface area contributed by atoms with Crippen LogP contribution in [0, 0.1) is 0 Å². The van der Waals surface area contributed by atoms with E-state index in [1.165, 1.54) is 0 Å². The van der Waals surface area contributed by atoms with Gasteiger partial charge >= 0.3 is 0 Å². The van der Waals surface area contributed by atoms with Crippen molar-refractivity contribution in [2.24, 2.45) is 0 Å². The van der Waals surface area contributed by atoms with Gasteiger partial charge in [-0.25, -0.2) is 14.6 Å². The number of fused-ring (bicyclic) bond motifs is 1. The molecule has 3 aromatic heterocycles. The van der Waals surface area contributed by atoms with Crippen LogP contribution >= 0.6 is 0 Å². The molecular weight excluding hydrogens is 458 g/mol. The third-order valence-corrected chi connectivity index (χ3v) is 6.59. The van der Waals surface area contributed by atoms with Gasteiger partial charge in [0.1, 0.15) is 11.6 Å². The third kappa shape index (κ3) is 4.69. The topological polar surface area (TPSA) is 90.7 Å². The van der Waals surface area contributed by atoms with Gasteiger partial charge in [-0.1, -0.05) is 12.1 Å². The Balaban J connectivity index is 1.32. The van der Waals surface area contributed by atoms with Crippen LogP contribution in [0.3, 0.4) is 0 Å². The van der Waals surface area contributed by atoms with Crippen LogP contribution in [0.1, 0.15) is 5.56 Å². The van der Waals surface area contributed by atoms with Gasteiger partial charge in [-0.05, 0) is 23.8 Å². The van der Waals surface area contributed by atoms with Crippen LogP contribution in [-0.4, -0.2) is 84.4 Å². The molecule has 10 nitrogen and oxygen atoms in total. The van der Waals surface area contributed by atoms with Crippen LogP contribution in [-0.2, 0) is 16.0 Å². The maximum absolute atomic E-state index is 5.55. The van der Waals surface area contributed by atoms with Crippen molar-refractivity contribution >= 4 is 22.8 Å². The predicted molar refractivity (Wildman–Crippen MR) is 137 cm³/mol. The molecule has 0 atom stereocenters. The Kier molecular flexibility index (Phi) is 6.35. The predicted octanol–water partition coefficient (Wildman–Crippen LogP) is 2.62. The number of methoxy groups -OCH3 is 1. The summed E-state index contributed by atoms with van der Waals surface area (Å²) in [4.78, 5) is 19.1. The molecule has 0 N–H and O–H groups in total. The smallest absolute Gasteiger partial charge is 0.228 e. The Bertz CT molecular complexity index is 1290. The van der Waals surface area contributed by atoms with E-state index in [-0.39, 0.29) is 0 Å². The van der Waals surface area contributed by atoms with E-state index in [9.17, 15) is 0 Å². The zero-order valence-electron chi connectivity index (χ0n) is 20.3. The number of aromatic nitrogens is 5. The number of ether oxygens (including phenoxy) is 3. The number of benzene rings is 1. The molecule has 2 aliphatic rings. The van der Waals surface area contributed by atoms with Gasteiger partial charge in [0.05, 0.1) is 52.0 Å². The summed E-state index contributed by atoms with van der Waals surface area (Å²) in [6.45, 7) is 6.59. The molecular formula is C26H29N7O3. The van der Waals surface area contributed by atoms with Crippen LogP contribution in [0.15, 0.2) is 48.8 Å². The van der Waals surface area contributed by atoms with Crippen molar-refractivity contribution < 1.29 is 14.2 Å². The van der Waals surface area contributed by atoms with Gasteiger partial charge in [-0.15, -0.1) is 0 Å². The van der Waals surface area contributed by atoms with Crippen LogP contribution in [0.2, 0.25) is 0 Å². The zero-order chi connectivity index (χ0) is 24.3. The lowest BCUT2D eigenvalue weighted by atomic mass is 10.1. The van der Waals surface area contributed by atoms with Crippen molar-refractivity contribution in [3.05, 3.63) is 54.4 Å². The first kappa shape index (κ1) is 22.7. The fraction of sp³-hybridized carbons (Fsp3) is 0.385. The molecule has 186 valence electrons. The average molecular weight is 488 g/mol. The second kappa shape index (κ2) is 10.1. The molecule has 4 aromatic rings. The van der Waals surface area contributed by atoms with Gasteiger partial charge in [-0.3, -0.25) is 0 Å². The summed E-state index contributed by atoms with van der Waals surface area (Å²) in [7, 11) is 1.67. The molecule has 1 aromatic carbocycles. The Morgan fingerprint density at radius 1 is 0.861 bits per heavy atom. The highest BCUT2D eigenvalue weighted by molar-refractivity contribution is 5.80. The Hall–Kier alpha value is -3.76. The first-order chi connectivity index (χ1) is 17.8. The molecule has 10 heteroatoms. The molecule has 0 spiro atoms. The third-order valence-electron chi connectivity index (χ3n) is 6.59. The van der Waals surface area contributed by atoms with Crippen molar-refractivity contribution in [2.75, 3.05) is 69.5 Å². The van der Waals surface area contributed by atoms with Crippen LogP contribution < -0.4 is 14.5 Å². The van der Waals surface area contributed by atoms with Gasteiger partial charge < -0.3 is 24.0 Å². The van der Waals surface area contributed by atoms with E-state index in [2.05, 4.69) is 27.0 Å². The normalized spacial score (nSPS) is 16.5. The van der Waals surface area contributed by atoms with Crippen molar-refractivity contribution in [3.63, 3.8) is 0 Å². The van der Waals surface area contributed by atoms with Crippen molar-refractivity contribution in [1.29, 1.82) is 0 Å². The Morgan fingerprint density at radius 3 is 2.31 bits per heavy atom. The minimum Gasteiger partial charge on any atom is -0.497 e. The summed E-state index contributed by atoms with van der Waals surface area (Å²) >= 11 is 0. The monoisotopic (exact) mass is 487 g/mol. The van der Waals surface area contributed by atoms with Crippen molar-refractivity contribution in [3.8, 4) is 17.0 Å². The summed E-state index contributed by atoms with van der Waals surface area (Å²) in [6.07, 6.45) is 3.74. The van der Waals surface area contributed by atoms with E-state index >= 15 is 0 Å². The molecule has 6 rings (SSSR count). The van der Waals surface area contributed by atoms with E-state index in [0.29, 0.717) is 33.0 Å². The zero-order valence-corrected chi connectivity index (χ0v) is 20.3. The largest absolute Gasteiger partial charge is 0.497 e. The van der Waals surface area contributed by atoms with Gasteiger partial charge in [0.2, 0.25) is 5.95 Å². The molecule has 0 aliphatic carbocycles. The molecule has 36 heavy (non-hydrogen) atoms. The second-order valence-corrected chi connectivity index (χ2v) is 8.90. The highest BCUT2D eigenvalue weighted by Crippen LogP contribution is 2.28. The molecule has 0 radical (unpaired) electrons. The van der Waals surface area contributed by atoms with Crippen molar-refractivity contribution in [2.45, 2.75) is 6.54 Å². The minimum atomic E-state index is 0.635. The molecule has 0 bridgehead atoms. The van der Waals surface area contributed by atoms with E-state index < -0.39 is 0 Å². The quantitative estimate of drug-likeness (QED) is 0.407. The number of nitrogens with zero attached hydrogens (tertiary/aromatic N) is 7. The number of morpholine rings is 2. The highest BCUT2D eigenvalue weighted by Gasteiger charge is 2.20. The molecule has 0 saturated carbocycles. The van der Waals surface area contributed by atoms with Crippen LogP contribution in [0.4, 0.5) is 11.8 Å². The van der Waals surface area contributed by atoms with Crippen LogP contribution in [0.5, 0.6) is 5.75 Å². The van der Waals surface area contributed by atoms with Gasteiger partial charge in [-0.2, -0.15) is 10.1 Å². The fourth-order valence-corrected chi connectivity index (χ4v) is 4.56. The van der Waals surface area contributed by atoms with E-state index in [4.69, 9.17) is 29.2 Å². The minimum absolute atomic E-state index is 0.635.